The Kier molecular flexibility index (Phi) is 11.3. The molecule has 0 bridgehead atoms. The first-order chi connectivity index (χ1) is 25.5. The number of benzene rings is 2. The second-order valence-electron chi connectivity index (χ2n) is 14.0. The monoisotopic (exact) mass is 713 g/mol. The Morgan fingerprint density at radius 3 is 2.55 bits per heavy atom. The van der Waals surface area contributed by atoms with Crippen LogP contribution in [0.1, 0.15) is 67.2 Å². The Morgan fingerprint density at radius 1 is 1.02 bits per heavy atom. The predicted molar refractivity (Wildman–Crippen MR) is 211 cm³/mol. The van der Waals surface area contributed by atoms with E-state index in [-0.39, 0.29) is 36.5 Å². The standard InChI is InChI=1S/C41H47N9O3/c1-26(2)21-34-39(52)49(6)36-22-30(15-18-33(36)37(47-34)29-11-8-7-9-12-29)38(51)45-31-16-13-27(3)35(23-31)50-20-10-19-42-40(44-25-48(5)41(50)53)46-32-17-14-28(4)43-24-32/h7-9,11-15,17-19,22-24,26,31,34H,10,16,20-21,25H2,1-6H3,(H,44,46)(H,45,51)/t31?,34-/m0/s1. The number of carbonyl (C=O) groups excluding carboxylic acids is 3. The number of benzodiazepines with no additional fused rings is 1. The van der Waals surface area contributed by atoms with Gasteiger partial charge in [-0.1, -0.05) is 50.3 Å². The maximum atomic E-state index is 13.9. The lowest BCUT2D eigenvalue weighted by atomic mass is 9.97. The minimum absolute atomic E-state index is 0.0920. The van der Waals surface area contributed by atoms with Crippen LogP contribution in [0.2, 0.25) is 0 Å². The van der Waals surface area contributed by atoms with Gasteiger partial charge in [-0.15, -0.1) is 0 Å². The number of guanidine groups is 1. The molecule has 0 fully saturated rings. The van der Waals surface area contributed by atoms with E-state index in [1.165, 1.54) is 0 Å². The number of allylic oxidation sites excluding steroid dienone is 1. The van der Waals surface area contributed by atoms with Gasteiger partial charge in [0.1, 0.15) is 12.7 Å². The Labute approximate surface area is 311 Å². The number of urea groups is 1. The molecule has 274 valence electrons. The van der Waals surface area contributed by atoms with Gasteiger partial charge in [-0.25, -0.2) is 14.8 Å². The number of fused-ring (bicyclic) bond motifs is 1. The molecule has 0 saturated carbocycles. The first-order valence-corrected chi connectivity index (χ1v) is 18.0. The van der Waals surface area contributed by atoms with Gasteiger partial charge in [0.15, 0.2) is 0 Å². The first-order valence-electron chi connectivity index (χ1n) is 18.0. The maximum Gasteiger partial charge on any atom is 0.325 e. The van der Waals surface area contributed by atoms with Gasteiger partial charge >= 0.3 is 6.03 Å². The van der Waals surface area contributed by atoms with Gasteiger partial charge in [-0.05, 0) is 74.6 Å². The summed E-state index contributed by atoms with van der Waals surface area (Å²) >= 11 is 0. The molecule has 3 heterocycles. The normalized spacial score (nSPS) is 19.5. The van der Waals surface area contributed by atoms with Crippen LogP contribution >= 0.6 is 0 Å². The molecular formula is C41H47N9O3. The van der Waals surface area contributed by atoms with Crippen LogP contribution in [0.15, 0.2) is 105 Å². The molecule has 0 spiro atoms. The minimum Gasteiger partial charge on any atom is -0.345 e. The van der Waals surface area contributed by atoms with Crippen molar-refractivity contribution in [2.75, 3.05) is 37.5 Å². The lowest BCUT2D eigenvalue weighted by molar-refractivity contribution is -0.119. The number of aromatic nitrogens is 1. The number of aliphatic imine (C=N–C) groups is 3. The van der Waals surface area contributed by atoms with Gasteiger partial charge in [0.05, 0.1) is 29.3 Å². The summed E-state index contributed by atoms with van der Waals surface area (Å²) in [5.41, 5.74) is 6.83. The Balaban J connectivity index is 1.20. The lowest BCUT2D eigenvalue weighted by Gasteiger charge is -2.33. The predicted octanol–water partition coefficient (Wildman–Crippen LogP) is 6.20. The molecular weight excluding hydrogens is 667 g/mol. The number of nitrogens with zero attached hydrogens (tertiary/aromatic N) is 7. The number of anilines is 2. The highest BCUT2D eigenvalue weighted by Gasteiger charge is 2.32. The molecule has 12 heteroatoms. The average Bonchev–Trinajstić information content (AvgIpc) is 3.25. The largest absolute Gasteiger partial charge is 0.345 e. The van der Waals surface area contributed by atoms with Crippen LogP contribution < -0.4 is 15.5 Å². The van der Waals surface area contributed by atoms with E-state index < -0.39 is 6.04 Å². The van der Waals surface area contributed by atoms with Gasteiger partial charge in [0.2, 0.25) is 5.96 Å². The Bertz CT molecular complexity index is 2020. The molecule has 2 aliphatic heterocycles. The van der Waals surface area contributed by atoms with Crippen molar-refractivity contribution in [3.8, 4) is 0 Å². The van der Waals surface area contributed by atoms with E-state index in [2.05, 4.69) is 39.4 Å². The van der Waals surface area contributed by atoms with Crippen LogP contribution in [0.3, 0.4) is 0 Å². The van der Waals surface area contributed by atoms with E-state index in [4.69, 9.17) is 4.99 Å². The first kappa shape index (κ1) is 36.9. The van der Waals surface area contributed by atoms with Crippen molar-refractivity contribution in [3.05, 3.63) is 113 Å². The van der Waals surface area contributed by atoms with Crippen molar-refractivity contribution in [2.45, 2.75) is 59.0 Å². The Hall–Kier alpha value is -5.91. The zero-order valence-corrected chi connectivity index (χ0v) is 31.2. The second-order valence-corrected chi connectivity index (χ2v) is 14.0. The van der Waals surface area contributed by atoms with Gasteiger partial charge < -0.3 is 20.4 Å². The van der Waals surface area contributed by atoms with E-state index in [1.807, 2.05) is 74.5 Å². The van der Waals surface area contributed by atoms with Gasteiger partial charge in [-0.2, -0.15) is 0 Å². The van der Waals surface area contributed by atoms with Crippen molar-refractivity contribution in [1.82, 2.24) is 20.1 Å². The molecule has 2 N–H and O–H groups in total. The molecule has 3 aromatic rings. The highest BCUT2D eigenvalue weighted by Crippen LogP contribution is 2.31. The lowest BCUT2D eigenvalue weighted by Crippen LogP contribution is -2.44. The highest BCUT2D eigenvalue weighted by atomic mass is 16.2. The number of hydrogen-bond acceptors (Lipinski definition) is 8. The van der Waals surface area contributed by atoms with E-state index in [1.54, 1.807) is 53.3 Å². The van der Waals surface area contributed by atoms with Crippen LogP contribution in [0, 0.1) is 12.8 Å². The summed E-state index contributed by atoms with van der Waals surface area (Å²) in [6.07, 6.45) is 9.12. The number of rotatable bonds is 7. The summed E-state index contributed by atoms with van der Waals surface area (Å²) in [4.78, 5) is 64.6. The topological polar surface area (TPSA) is 135 Å². The van der Waals surface area contributed by atoms with Gasteiger partial charge in [0, 0.05) is 61.4 Å². The van der Waals surface area contributed by atoms with Crippen molar-refractivity contribution in [3.63, 3.8) is 0 Å². The molecule has 1 unspecified atom stereocenters. The number of nitrogens with one attached hydrogen (secondary N) is 2. The molecule has 4 amide bonds. The van der Waals surface area contributed by atoms with Crippen molar-refractivity contribution >= 4 is 47.1 Å². The molecule has 0 radical (unpaired) electrons. The van der Waals surface area contributed by atoms with E-state index in [0.29, 0.717) is 43.0 Å². The third kappa shape index (κ3) is 8.60. The van der Waals surface area contributed by atoms with Crippen LogP contribution in [0.5, 0.6) is 0 Å². The van der Waals surface area contributed by atoms with Crippen molar-refractivity contribution in [1.29, 1.82) is 0 Å². The van der Waals surface area contributed by atoms with Crippen LogP contribution in [-0.2, 0) is 4.79 Å². The van der Waals surface area contributed by atoms with Crippen molar-refractivity contribution in [2.24, 2.45) is 20.9 Å². The summed E-state index contributed by atoms with van der Waals surface area (Å²) < 4.78 is 0. The summed E-state index contributed by atoms with van der Waals surface area (Å²) in [5, 5.41) is 6.33. The summed E-state index contributed by atoms with van der Waals surface area (Å²) in [5.74, 6) is 0.282. The molecule has 6 rings (SSSR count). The number of amides is 4. The zero-order chi connectivity index (χ0) is 37.6. The second kappa shape index (κ2) is 16.2. The van der Waals surface area contributed by atoms with Gasteiger partial charge in [-0.3, -0.25) is 24.5 Å². The average molecular weight is 714 g/mol. The van der Waals surface area contributed by atoms with Gasteiger partial charge in [0.25, 0.3) is 11.8 Å². The molecule has 12 nitrogen and oxygen atoms in total. The Morgan fingerprint density at radius 2 is 1.81 bits per heavy atom. The fraction of sp³-hybridized carbons (Fsp3) is 0.341. The van der Waals surface area contributed by atoms with E-state index >= 15 is 0 Å². The zero-order valence-electron chi connectivity index (χ0n) is 31.2. The quantitative estimate of drug-likeness (QED) is 0.301. The van der Waals surface area contributed by atoms with Crippen molar-refractivity contribution < 1.29 is 14.4 Å². The summed E-state index contributed by atoms with van der Waals surface area (Å²) in [7, 11) is 3.45. The fourth-order valence-electron chi connectivity index (χ4n) is 6.53. The summed E-state index contributed by atoms with van der Waals surface area (Å²) in [6.45, 7) is 8.54. The summed E-state index contributed by atoms with van der Waals surface area (Å²) in [6, 6.07) is 18.0. The van der Waals surface area contributed by atoms with E-state index in [9.17, 15) is 14.4 Å². The third-order valence-electron chi connectivity index (χ3n) is 9.42. The SMILES string of the molecule is CC1=CCC(NC(=O)c2ccc3c(c2)N(C)C(=O)[C@H](CC(C)C)N=C3c2ccccc2)C=C1N1CCC=NC(Nc2ccc(C)nc2)=NCN(C)C1=O. The molecule has 53 heavy (non-hydrogen) atoms. The molecule has 3 aliphatic rings. The smallest absolute Gasteiger partial charge is 0.325 e. The molecule has 1 aliphatic carbocycles. The number of hydrogen-bond donors (Lipinski definition) is 2. The van der Waals surface area contributed by atoms with Crippen LogP contribution in [0.4, 0.5) is 16.2 Å². The number of aryl methyl sites for hydroxylation is 1. The van der Waals surface area contributed by atoms with Crippen LogP contribution in [0.25, 0.3) is 0 Å². The number of likely N-dealkylation sites (N-methyl/N-ethyl adjacent to an activating group) is 1. The molecule has 2 aromatic carbocycles. The number of carbonyl (C=O) groups is 3. The number of pyridine rings is 1. The maximum absolute atomic E-state index is 13.9. The van der Waals surface area contributed by atoms with E-state index in [0.717, 1.165) is 39.5 Å². The molecule has 1 aromatic heterocycles. The van der Waals surface area contributed by atoms with Crippen LogP contribution in [-0.4, -0.2) is 89.9 Å². The highest BCUT2D eigenvalue weighted by molar-refractivity contribution is 6.20. The molecule has 0 saturated heterocycles. The third-order valence-corrected chi connectivity index (χ3v) is 9.42. The fourth-order valence-corrected chi connectivity index (χ4v) is 6.53. The molecule has 2 atom stereocenters. The minimum atomic E-state index is -0.535.